The predicted octanol–water partition coefficient (Wildman–Crippen LogP) is 3.79. The third kappa shape index (κ3) is 5.60. The molecule has 0 bridgehead atoms. The lowest BCUT2D eigenvalue weighted by molar-refractivity contribution is -0.122. The zero-order chi connectivity index (χ0) is 25.7. The number of carbonyl (C=O) groups is 2. The van der Waals surface area contributed by atoms with Crippen LogP contribution >= 0.6 is 0 Å². The summed E-state index contributed by atoms with van der Waals surface area (Å²) in [4.78, 5) is 37.4. The highest BCUT2D eigenvalue weighted by atomic mass is 16.5. The number of ether oxygens (including phenoxy) is 1. The molecule has 36 heavy (non-hydrogen) atoms. The van der Waals surface area contributed by atoms with Crippen molar-refractivity contribution in [2.45, 2.75) is 46.3 Å². The summed E-state index contributed by atoms with van der Waals surface area (Å²) < 4.78 is 7.24. The van der Waals surface area contributed by atoms with Crippen molar-refractivity contribution in [2.75, 3.05) is 44.8 Å². The Labute approximate surface area is 213 Å². The molecule has 0 saturated heterocycles. The van der Waals surface area contributed by atoms with E-state index < -0.39 is 0 Å². The first-order valence-corrected chi connectivity index (χ1v) is 12.8. The number of amides is 2. The molecule has 0 radical (unpaired) electrons. The van der Waals surface area contributed by atoms with Crippen LogP contribution in [0, 0.1) is 0 Å². The topological polar surface area (TPSA) is 70.9 Å². The smallest absolute Gasteiger partial charge is 0.254 e. The van der Waals surface area contributed by atoms with E-state index in [2.05, 4.69) is 35.2 Å². The molecule has 0 saturated carbocycles. The number of benzene rings is 2. The molecular weight excluding hydrogens is 454 g/mol. The van der Waals surface area contributed by atoms with Gasteiger partial charge in [-0.3, -0.25) is 14.5 Å². The quantitative estimate of drug-likeness (QED) is 0.543. The van der Waals surface area contributed by atoms with Gasteiger partial charge in [-0.15, -0.1) is 0 Å². The number of rotatable bonds is 5. The van der Waals surface area contributed by atoms with Gasteiger partial charge in [-0.05, 0) is 57.0 Å². The third-order valence-corrected chi connectivity index (χ3v) is 6.92. The molecule has 2 aromatic carbocycles. The van der Waals surface area contributed by atoms with E-state index in [1.165, 1.54) is 7.11 Å². The Hall–Kier alpha value is -3.23. The molecule has 8 nitrogen and oxygen atoms in total. The van der Waals surface area contributed by atoms with Crippen LogP contribution in [0.1, 0.15) is 43.1 Å². The van der Waals surface area contributed by atoms with Crippen molar-refractivity contribution in [3.8, 4) is 0 Å². The Balaban J connectivity index is 1.70. The van der Waals surface area contributed by atoms with Crippen LogP contribution in [-0.4, -0.2) is 77.1 Å². The minimum atomic E-state index is -0.0740. The minimum absolute atomic E-state index is 0.0231. The Morgan fingerprint density at radius 3 is 2.61 bits per heavy atom. The summed E-state index contributed by atoms with van der Waals surface area (Å²) in [5.74, 6) is -0.106. The van der Waals surface area contributed by atoms with Gasteiger partial charge in [0.2, 0.25) is 0 Å². The molecule has 192 valence electrons. The van der Waals surface area contributed by atoms with Gasteiger partial charge in [0, 0.05) is 63.7 Å². The van der Waals surface area contributed by atoms with E-state index in [-0.39, 0.29) is 18.4 Å². The van der Waals surface area contributed by atoms with E-state index >= 15 is 0 Å². The summed E-state index contributed by atoms with van der Waals surface area (Å²) in [6.07, 6.45) is 2.65. The molecule has 8 heteroatoms. The van der Waals surface area contributed by atoms with Gasteiger partial charge < -0.3 is 19.1 Å². The van der Waals surface area contributed by atoms with E-state index in [0.717, 1.165) is 48.3 Å². The predicted molar refractivity (Wildman–Crippen MR) is 142 cm³/mol. The summed E-state index contributed by atoms with van der Waals surface area (Å²) in [6, 6.07) is 14.0. The number of anilines is 1. The van der Waals surface area contributed by atoms with Crippen LogP contribution in [0.4, 0.5) is 5.69 Å². The first-order valence-electron chi connectivity index (χ1n) is 12.8. The maximum Gasteiger partial charge on any atom is 0.254 e. The first-order chi connectivity index (χ1) is 17.4. The summed E-state index contributed by atoms with van der Waals surface area (Å²) in [7, 11) is 1.54. The molecule has 3 aromatic rings. The fourth-order valence-electron chi connectivity index (χ4n) is 4.89. The van der Waals surface area contributed by atoms with E-state index in [9.17, 15) is 9.59 Å². The number of hydrogen-bond donors (Lipinski definition) is 0. The van der Waals surface area contributed by atoms with Gasteiger partial charge >= 0.3 is 0 Å². The Bertz CT molecular complexity index is 1200. The summed E-state index contributed by atoms with van der Waals surface area (Å²) in [6.45, 7) is 10.5. The highest BCUT2D eigenvalue weighted by molar-refractivity contribution is 5.98. The van der Waals surface area contributed by atoms with Crippen molar-refractivity contribution in [2.24, 2.45) is 0 Å². The lowest BCUT2D eigenvalue weighted by Gasteiger charge is -2.30. The van der Waals surface area contributed by atoms with Gasteiger partial charge in [0.05, 0.1) is 17.4 Å². The maximum atomic E-state index is 13.8. The molecule has 0 unspecified atom stereocenters. The zero-order valence-corrected chi connectivity index (χ0v) is 21.8. The van der Waals surface area contributed by atoms with Gasteiger partial charge in [0.1, 0.15) is 6.61 Å². The van der Waals surface area contributed by atoms with Crippen molar-refractivity contribution < 1.29 is 14.3 Å². The van der Waals surface area contributed by atoms with Crippen LogP contribution < -0.4 is 4.90 Å². The highest BCUT2D eigenvalue weighted by Gasteiger charge is 2.25. The van der Waals surface area contributed by atoms with Crippen LogP contribution in [0.3, 0.4) is 0 Å². The normalized spacial score (nSPS) is 15.7. The lowest BCUT2D eigenvalue weighted by atomic mass is 10.1. The summed E-state index contributed by atoms with van der Waals surface area (Å²) >= 11 is 0. The summed E-state index contributed by atoms with van der Waals surface area (Å²) in [5.41, 5.74) is 4.26. The molecule has 0 fully saturated rings. The summed E-state index contributed by atoms with van der Waals surface area (Å²) in [5, 5.41) is 0. The fourth-order valence-corrected chi connectivity index (χ4v) is 4.89. The lowest BCUT2D eigenvalue weighted by Crippen LogP contribution is -2.41. The number of aryl methyl sites for hydroxylation is 1. The largest absolute Gasteiger partial charge is 0.375 e. The molecule has 0 aliphatic carbocycles. The number of fused-ring (bicyclic) bond motifs is 2. The van der Waals surface area contributed by atoms with Gasteiger partial charge in [-0.2, -0.15) is 0 Å². The molecule has 4 rings (SSSR count). The maximum absolute atomic E-state index is 13.8. The molecule has 0 spiro atoms. The number of carbonyl (C=O) groups excluding carboxylic acids is 2. The molecule has 0 N–H and O–H groups in total. The van der Waals surface area contributed by atoms with Gasteiger partial charge in [-0.25, -0.2) is 4.98 Å². The minimum Gasteiger partial charge on any atom is -0.375 e. The van der Waals surface area contributed by atoms with Crippen LogP contribution in [0.5, 0.6) is 0 Å². The van der Waals surface area contributed by atoms with Crippen molar-refractivity contribution >= 4 is 28.5 Å². The number of imidazole rings is 1. The van der Waals surface area contributed by atoms with Gasteiger partial charge in [0.25, 0.3) is 11.8 Å². The molecular formula is C28H37N5O3. The van der Waals surface area contributed by atoms with Crippen molar-refractivity contribution in [3.63, 3.8) is 0 Å². The second-order valence-corrected chi connectivity index (χ2v) is 9.55. The van der Waals surface area contributed by atoms with Crippen molar-refractivity contribution in [1.29, 1.82) is 0 Å². The second kappa shape index (κ2) is 11.7. The number of hydrogen-bond acceptors (Lipinski definition) is 5. The number of methoxy groups -OCH3 is 1. The van der Waals surface area contributed by atoms with Gasteiger partial charge in [-0.1, -0.05) is 18.2 Å². The second-order valence-electron chi connectivity index (χ2n) is 9.55. The number of nitrogens with zero attached hydrogens (tertiary/aromatic N) is 5. The van der Waals surface area contributed by atoms with Crippen molar-refractivity contribution in [3.05, 3.63) is 59.9 Å². The van der Waals surface area contributed by atoms with E-state index in [1.54, 1.807) is 0 Å². The Morgan fingerprint density at radius 1 is 1.06 bits per heavy atom. The molecule has 1 aromatic heterocycles. The van der Waals surface area contributed by atoms with E-state index in [0.29, 0.717) is 31.2 Å². The number of aromatic nitrogens is 2. The van der Waals surface area contributed by atoms with Crippen LogP contribution in [0.2, 0.25) is 0 Å². The zero-order valence-electron chi connectivity index (χ0n) is 21.8. The average Bonchev–Trinajstić information content (AvgIpc) is 3.28. The van der Waals surface area contributed by atoms with Crippen LogP contribution in [-0.2, 0) is 22.6 Å². The molecule has 1 aliphatic heterocycles. The highest BCUT2D eigenvalue weighted by Crippen LogP contribution is 2.25. The first kappa shape index (κ1) is 25.9. The van der Waals surface area contributed by atoms with Crippen LogP contribution in [0.25, 0.3) is 11.0 Å². The van der Waals surface area contributed by atoms with E-state index in [1.807, 2.05) is 58.6 Å². The average molecular weight is 492 g/mol. The SMILES string of the molecule is CCn1cnc2cc(C(=O)N3CCN(C(C)C)CCCN(C(=O)COC)c4ccccc4C3)ccc21. The van der Waals surface area contributed by atoms with E-state index in [4.69, 9.17) is 4.74 Å². The van der Waals surface area contributed by atoms with Crippen molar-refractivity contribution in [1.82, 2.24) is 19.4 Å². The monoisotopic (exact) mass is 491 g/mol. The van der Waals surface area contributed by atoms with Gasteiger partial charge in [0.15, 0.2) is 0 Å². The fraction of sp³-hybridized carbons (Fsp3) is 0.464. The third-order valence-electron chi connectivity index (χ3n) is 6.92. The standard InChI is InChI=1S/C28H37N5O3/c1-5-30-20-29-24-17-22(11-12-26(24)30)28(35)32-16-15-31(21(2)3)13-8-14-33(27(34)19-36-4)25-10-7-6-9-23(25)18-32/h6-7,9-12,17,20-21H,5,8,13-16,18-19H2,1-4H3. The Morgan fingerprint density at radius 2 is 1.86 bits per heavy atom. The Kier molecular flexibility index (Phi) is 8.38. The number of para-hydroxylation sites is 1. The molecule has 2 heterocycles. The molecule has 0 atom stereocenters. The molecule has 1 aliphatic rings. The van der Waals surface area contributed by atoms with Crippen LogP contribution in [0.15, 0.2) is 48.8 Å². The molecule has 2 amide bonds.